The van der Waals surface area contributed by atoms with E-state index in [0.29, 0.717) is 19.3 Å². The minimum atomic E-state index is -0.775. The molecule has 0 aliphatic rings. The number of allylic oxidation sites excluding steroid dienone is 6. The second kappa shape index (κ2) is 60.2. The van der Waals surface area contributed by atoms with E-state index in [0.717, 1.165) is 64.2 Å². The number of esters is 3. The van der Waals surface area contributed by atoms with Crippen molar-refractivity contribution in [1.82, 2.24) is 0 Å². The van der Waals surface area contributed by atoms with Gasteiger partial charge in [-0.2, -0.15) is 0 Å². The van der Waals surface area contributed by atoms with Crippen molar-refractivity contribution in [3.05, 3.63) is 36.5 Å². The largest absolute Gasteiger partial charge is 0.462 e. The first-order valence-corrected chi connectivity index (χ1v) is 31.5. The van der Waals surface area contributed by atoms with E-state index in [-0.39, 0.29) is 31.1 Å². The van der Waals surface area contributed by atoms with Gasteiger partial charge in [0.15, 0.2) is 6.10 Å². The number of carbonyl (C=O) groups is 3. The zero-order chi connectivity index (χ0) is 51.4. The molecule has 1 atom stereocenters. The van der Waals surface area contributed by atoms with Crippen LogP contribution in [0.15, 0.2) is 36.5 Å². The lowest BCUT2D eigenvalue weighted by Crippen LogP contribution is -2.30. The highest BCUT2D eigenvalue weighted by molar-refractivity contribution is 5.71. The Kier molecular flexibility index (Phi) is 58.2. The lowest BCUT2D eigenvalue weighted by molar-refractivity contribution is -0.167. The van der Waals surface area contributed by atoms with Crippen LogP contribution in [0.3, 0.4) is 0 Å². The number of carbonyl (C=O) groups excluding carboxylic acids is 3. The van der Waals surface area contributed by atoms with Crippen LogP contribution >= 0.6 is 0 Å². The summed E-state index contributed by atoms with van der Waals surface area (Å²) in [6, 6.07) is 0. The number of unbranched alkanes of at least 4 members (excludes halogenated alkanes) is 42. The van der Waals surface area contributed by atoms with Crippen molar-refractivity contribution in [2.45, 2.75) is 348 Å². The highest BCUT2D eigenvalue weighted by atomic mass is 16.6. The molecule has 0 N–H and O–H groups in total. The second-order valence-electron chi connectivity index (χ2n) is 21.4. The van der Waals surface area contributed by atoms with E-state index in [1.54, 1.807) is 0 Å². The first-order chi connectivity index (χ1) is 35.0. The quantitative estimate of drug-likeness (QED) is 0.0199. The molecule has 0 amide bonds. The van der Waals surface area contributed by atoms with Crippen LogP contribution in [0.4, 0.5) is 0 Å². The summed E-state index contributed by atoms with van der Waals surface area (Å²) >= 11 is 0. The van der Waals surface area contributed by atoms with Crippen LogP contribution < -0.4 is 0 Å². The monoisotopic (exact) mass is 997 g/mol. The Labute approximate surface area is 442 Å². The molecule has 0 bridgehead atoms. The zero-order valence-corrected chi connectivity index (χ0v) is 47.8. The summed E-state index contributed by atoms with van der Waals surface area (Å²) < 4.78 is 16.9. The van der Waals surface area contributed by atoms with Crippen molar-refractivity contribution in [1.29, 1.82) is 0 Å². The van der Waals surface area contributed by atoms with Gasteiger partial charge in [0, 0.05) is 19.3 Å². The lowest BCUT2D eigenvalue weighted by atomic mass is 10.0. The summed E-state index contributed by atoms with van der Waals surface area (Å²) in [6.07, 6.45) is 72.8. The van der Waals surface area contributed by atoms with Crippen molar-refractivity contribution in [3.63, 3.8) is 0 Å². The molecule has 0 aromatic heterocycles. The third kappa shape index (κ3) is 58.4. The molecule has 0 saturated heterocycles. The Morgan fingerprint density at radius 2 is 0.507 bits per heavy atom. The van der Waals surface area contributed by atoms with Crippen molar-refractivity contribution in [3.8, 4) is 0 Å². The normalized spacial score (nSPS) is 12.2. The first-order valence-electron chi connectivity index (χ1n) is 31.5. The van der Waals surface area contributed by atoms with Gasteiger partial charge in [-0.25, -0.2) is 0 Å². The van der Waals surface area contributed by atoms with Crippen LogP contribution in [0.5, 0.6) is 0 Å². The number of hydrogen-bond donors (Lipinski definition) is 0. The van der Waals surface area contributed by atoms with Gasteiger partial charge in [0.05, 0.1) is 0 Å². The molecule has 0 fully saturated rings. The van der Waals surface area contributed by atoms with Crippen molar-refractivity contribution >= 4 is 17.9 Å². The Bertz CT molecular complexity index is 1190. The van der Waals surface area contributed by atoms with Gasteiger partial charge in [-0.1, -0.05) is 288 Å². The van der Waals surface area contributed by atoms with Gasteiger partial charge in [0.2, 0.25) is 0 Å². The second-order valence-corrected chi connectivity index (χ2v) is 21.4. The summed E-state index contributed by atoms with van der Waals surface area (Å²) in [7, 11) is 0. The number of ether oxygens (including phenoxy) is 3. The number of hydrogen-bond acceptors (Lipinski definition) is 6. The van der Waals surface area contributed by atoms with E-state index in [2.05, 4.69) is 57.2 Å². The molecule has 0 aliphatic heterocycles. The van der Waals surface area contributed by atoms with Gasteiger partial charge in [0.25, 0.3) is 0 Å². The maximum absolute atomic E-state index is 12.9. The van der Waals surface area contributed by atoms with Gasteiger partial charge >= 0.3 is 17.9 Å². The Morgan fingerprint density at radius 3 is 0.817 bits per heavy atom. The molecule has 0 spiro atoms. The molecule has 0 saturated carbocycles. The fourth-order valence-electron chi connectivity index (χ4n) is 9.37. The van der Waals surface area contributed by atoms with E-state index in [1.807, 2.05) is 0 Å². The summed E-state index contributed by atoms with van der Waals surface area (Å²) in [4.78, 5) is 38.3. The Hall–Kier alpha value is -2.37. The van der Waals surface area contributed by atoms with Gasteiger partial charge in [-0.3, -0.25) is 14.4 Å². The standard InChI is InChI=1S/C65H120O6/c1-4-7-10-13-16-19-22-25-28-31-33-35-37-40-43-46-49-52-55-58-64(67)70-61-62(60-69-63(66)57-54-51-48-45-42-39-36-30-27-24-21-18-15-12-9-6-3)71-65(68)59-56-53-50-47-44-41-38-34-32-29-26-23-20-17-14-11-8-5-2/h16,19,22,25,30,36,62H,4-15,17-18,20-21,23-24,26-29,31-35,37-61H2,1-3H3/b19-16-,25-22-,36-30-. The van der Waals surface area contributed by atoms with E-state index in [1.165, 1.54) is 238 Å². The smallest absolute Gasteiger partial charge is 0.306 e. The number of rotatable bonds is 58. The summed E-state index contributed by atoms with van der Waals surface area (Å²) in [6.45, 7) is 6.66. The maximum atomic E-state index is 12.9. The van der Waals surface area contributed by atoms with Crippen LogP contribution in [0.2, 0.25) is 0 Å². The minimum absolute atomic E-state index is 0.0725. The average molecular weight is 998 g/mol. The molecular weight excluding hydrogens is 877 g/mol. The molecule has 0 rings (SSSR count). The van der Waals surface area contributed by atoms with Crippen LogP contribution in [-0.4, -0.2) is 37.2 Å². The molecule has 6 heteroatoms. The zero-order valence-electron chi connectivity index (χ0n) is 47.8. The van der Waals surface area contributed by atoms with Gasteiger partial charge in [0.1, 0.15) is 13.2 Å². The molecule has 1 unspecified atom stereocenters. The summed E-state index contributed by atoms with van der Waals surface area (Å²) in [5.41, 5.74) is 0. The van der Waals surface area contributed by atoms with Crippen molar-refractivity contribution in [2.24, 2.45) is 0 Å². The third-order valence-corrected chi connectivity index (χ3v) is 14.1. The van der Waals surface area contributed by atoms with E-state index in [4.69, 9.17) is 14.2 Å². The fraction of sp³-hybridized carbons (Fsp3) is 0.862. The third-order valence-electron chi connectivity index (χ3n) is 14.1. The molecule has 0 aliphatic carbocycles. The lowest BCUT2D eigenvalue weighted by Gasteiger charge is -2.18. The van der Waals surface area contributed by atoms with E-state index < -0.39 is 6.10 Å². The topological polar surface area (TPSA) is 78.9 Å². The Balaban J connectivity index is 4.34. The first kappa shape index (κ1) is 68.6. The molecule has 0 aromatic rings. The van der Waals surface area contributed by atoms with Crippen LogP contribution in [0.1, 0.15) is 342 Å². The predicted octanol–water partition coefficient (Wildman–Crippen LogP) is 21.2. The van der Waals surface area contributed by atoms with Crippen LogP contribution in [-0.2, 0) is 28.6 Å². The molecule has 416 valence electrons. The minimum Gasteiger partial charge on any atom is -0.462 e. The SMILES string of the molecule is CCCCC/C=C\C=C/CCCCCCCCCCCCC(=O)OCC(COC(=O)CCCCCCC/C=C\CCCCCCCCC)OC(=O)CCCCCCCCCCCCCCCCCCCC. The van der Waals surface area contributed by atoms with Gasteiger partial charge in [-0.15, -0.1) is 0 Å². The summed E-state index contributed by atoms with van der Waals surface area (Å²) in [5.74, 6) is -0.860. The van der Waals surface area contributed by atoms with Crippen molar-refractivity contribution in [2.75, 3.05) is 13.2 Å². The van der Waals surface area contributed by atoms with Crippen LogP contribution in [0.25, 0.3) is 0 Å². The predicted molar refractivity (Wildman–Crippen MR) is 307 cm³/mol. The highest BCUT2D eigenvalue weighted by Gasteiger charge is 2.19. The molecule has 0 radical (unpaired) electrons. The van der Waals surface area contributed by atoms with Crippen LogP contribution in [0, 0.1) is 0 Å². The van der Waals surface area contributed by atoms with Crippen molar-refractivity contribution < 1.29 is 28.6 Å². The molecule has 6 nitrogen and oxygen atoms in total. The Morgan fingerprint density at radius 1 is 0.282 bits per heavy atom. The van der Waals surface area contributed by atoms with Gasteiger partial charge in [-0.05, 0) is 70.6 Å². The maximum Gasteiger partial charge on any atom is 0.306 e. The van der Waals surface area contributed by atoms with Gasteiger partial charge < -0.3 is 14.2 Å². The molecular formula is C65H120O6. The highest BCUT2D eigenvalue weighted by Crippen LogP contribution is 2.17. The summed E-state index contributed by atoms with van der Waals surface area (Å²) in [5, 5.41) is 0. The fourth-order valence-corrected chi connectivity index (χ4v) is 9.37. The molecule has 0 heterocycles. The van der Waals surface area contributed by atoms with E-state index in [9.17, 15) is 14.4 Å². The molecule has 71 heavy (non-hydrogen) atoms. The molecule has 0 aromatic carbocycles. The average Bonchev–Trinajstić information content (AvgIpc) is 3.37. The van der Waals surface area contributed by atoms with E-state index >= 15 is 0 Å².